The largest absolute Gasteiger partial charge is 0.357 e. The highest BCUT2D eigenvalue weighted by Crippen LogP contribution is 2.24. The van der Waals surface area contributed by atoms with Gasteiger partial charge >= 0.3 is 0 Å². The first-order valence-electron chi connectivity index (χ1n) is 6.49. The van der Waals surface area contributed by atoms with Crippen molar-refractivity contribution >= 4 is 5.82 Å². The Morgan fingerprint density at radius 1 is 1.35 bits per heavy atom. The van der Waals surface area contributed by atoms with Crippen LogP contribution in [-0.2, 0) is 0 Å². The van der Waals surface area contributed by atoms with Crippen molar-refractivity contribution in [1.29, 1.82) is 0 Å². The molecule has 1 rings (SSSR count). The minimum absolute atomic E-state index is 0.347. The van der Waals surface area contributed by atoms with Crippen molar-refractivity contribution in [3.63, 3.8) is 0 Å². The van der Waals surface area contributed by atoms with E-state index in [1.807, 2.05) is 12.3 Å². The number of rotatable bonds is 6. The van der Waals surface area contributed by atoms with Crippen molar-refractivity contribution in [2.75, 3.05) is 18.5 Å². The van der Waals surface area contributed by atoms with Crippen molar-refractivity contribution in [2.45, 2.75) is 46.2 Å². The number of hydrogen-bond donors (Lipinski definition) is 1. The zero-order chi connectivity index (χ0) is 12.8. The molecule has 0 aliphatic rings. The quantitative estimate of drug-likeness (QED) is 0.821. The summed E-state index contributed by atoms with van der Waals surface area (Å²) in [4.78, 5) is 6.74. The third-order valence-corrected chi connectivity index (χ3v) is 3.09. The standard InChI is InChI=1S/C14H25N3/c1-6-9-15-12(4)13-8-7-10-16-14(13)17(5)11(2)3/h7-8,10-12,15H,6,9H2,1-5H3. The Labute approximate surface area is 105 Å². The molecule has 1 atom stereocenters. The fourth-order valence-corrected chi connectivity index (χ4v) is 1.76. The number of pyridine rings is 1. The molecule has 0 aliphatic heterocycles. The van der Waals surface area contributed by atoms with Crippen LogP contribution in [0.2, 0.25) is 0 Å². The maximum Gasteiger partial charge on any atom is 0.133 e. The zero-order valence-electron chi connectivity index (χ0n) is 11.7. The lowest BCUT2D eigenvalue weighted by atomic mass is 10.1. The van der Waals surface area contributed by atoms with E-state index in [4.69, 9.17) is 0 Å². The second kappa shape index (κ2) is 6.60. The van der Waals surface area contributed by atoms with Crippen molar-refractivity contribution < 1.29 is 0 Å². The normalized spacial score (nSPS) is 12.8. The Morgan fingerprint density at radius 3 is 2.65 bits per heavy atom. The summed E-state index contributed by atoms with van der Waals surface area (Å²) in [5.41, 5.74) is 1.28. The first-order chi connectivity index (χ1) is 8.07. The van der Waals surface area contributed by atoms with E-state index in [2.05, 4.69) is 56.0 Å². The zero-order valence-corrected chi connectivity index (χ0v) is 11.7. The third-order valence-electron chi connectivity index (χ3n) is 3.09. The number of hydrogen-bond acceptors (Lipinski definition) is 3. The van der Waals surface area contributed by atoms with Gasteiger partial charge in [0.2, 0.25) is 0 Å². The molecule has 17 heavy (non-hydrogen) atoms. The molecule has 0 fully saturated rings. The molecule has 96 valence electrons. The number of anilines is 1. The average molecular weight is 235 g/mol. The minimum atomic E-state index is 0.347. The van der Waals surface area contributed by atoms with Crippen molar-refractivity contribution in [3.05, 3.63) is 23.9 Å². The lowest BCUT2D eigenvalue weighted by Gasteiger charge is -2.27. The lowest BCUT2D eigenvalue weighted by Crippen LogP contribution is -2.29. The Balaban J connectivity index is 2.91. The van der Waals surface area contributed by atoms with E-state index in [1.165, 1.54) is 5.56 Å². The minimum Gasteiger partial charge on any atom is -0.357 e. The molecule has 0 spiro atoms. The van der Waals surface area contributed by atoms with Gasteiger partial charge < -0.3 is 10.2 Å². The monoisotopic (exact) mass is 235 g/mol. The molecule has 0 amide bonds. The summed E-state index contributed by atoms with van der Waals surface area (Å²) in [5, 5.41) is 3.52. The van der Waals surface area contributed by atoms with E-state index in [-0.39, 0.29) is 0 Å². The van der Waals surface area contributed by atoms with E-state index >= 15 is 0 Å². The molecule has 1 aromatic rings. The van der Waals surface area contributed by atoms with Crippen LogP contribution in [0.15, 0.2) is 18.3 Å². The van der Waals surface area contributed by atoms with Gasteiger partial charge in [0.15, 0.2) is 0 Å². The van der Waals surface area contributed by atoms with E-state index in [0.717, 1.165) is 18.8 Å². The summed E-state index contributed by atoms with van der Waals surface area (Å²) >= 11 is 0. The topological polar surface area (TPSA) is 28.2 Å². The van der Waals surface area contributed by atoms with Crippen LogP contribution in [0.4, 0.5) is 5.82 Å². The highest BCUT2D eigenvalue weighted by molar-refractivity contribution is 5.48. The second-order valence-corrected chi connectivity index (χ2v) is 4.80. The molecule has 0 aromatic carbocycles. The van der Waals surface area contributed by atoms with Gasteiger partial charge in [0.25, 0.3) is 0 Å². The van der Waals surface area contributed by atoms with E-state index in [9.17, 15) is 0 Å². The molecule has 0 saturated carbocycles. The summed E-state index contributed by atoms with van der Waals surface area (Å²) in [6.07, 6.45) is 3.02. The molecule has 3 nitrogen and oxygen atoms in total. The molecule has 0 saturated heterocycles. The highest BCUT2D eigenvalue weighted by Gasteiger charge is 2.15. The van der Waals surface area contributed by atoms with E-state index in [0.29, 0.717) is 12.1 Å². The fourth-order valence-electron chi connectivity index (χ4n) is 1.76. The molecule has 1 aromatic heterocycles. The van der Waals surface area contributed by atoms with Crippen LogP contribution >= 0.6 is 0 Å². The SMILES string of the molecule is CCCNC(C)c1cccnc1N(C)C(C)C. The fraction of sp³-hybridized carbons (Fsp3) is 0.643. The molecule has 3 heteroatoms. The Morgan fingerprint density at radius 2 is 2.06 bits per heavy atom. The van der Waals surface area contributed by atoms with E-state index in [1.54, 1.807) is 0 Å². The maximum absolute atomic E-state index is 4.51. The van der Waals surface area contributed by atoms with Crippen LogP contribution in [0, 0.1) is 0 Å². The van der Waals surface area contributed by atoms with E-state index < -0.39 is 0 Å². The second-order valence-electron chi connectivity index (χ2n) is 4.80. The van der Waals surface area contributed by atoms with Gasteiger partial charge in [-0.1, -0.05) is 13.0 Å². The Kier molecular flexibility index (Phi) is 5.42. The molecule has 1 heterocycles. The van der Waals surface area contributed by atoms with Crippen LogP contribution in [0.3, 0.4) is 0 Å². The van der Waals surface area contributed by atoms with Gasteiger partial charge in [0.1, 0.15) is 5.82 Å². The molecule has 0 radical (unpaired) electrons. The summed E-state index contributed by atoms with van der Waals surface area (Å²) in [6, 6.07) is 4.98. The first-order valence-corrected chi connectivity index (χ1v) is 6.49. The van der Waals surface area contributed by atoms with Crippen molar-refractivity contribution in [1.82, 2.24) is 10.3 Å². The maximum atomic E-state index is 4.51. The van der Waals surface area contributed by atoms with Gasteiger partial charge in [0.05, 0.1) is 0 Å². The molecule has 1 unspecified atom stereocenters. The number of aromatic nitrogens is 1. The first kappa shape index (κ1) is 14.0. The van der Waals surface area contributed by atoms with Gasteiger partial charge in [-0.3, -0.25) is 0 Å². The smallest absolute Gasteiger partial charge is 0.133 e. The van der Waals surface area contributed by atoms with Crippen LogP contribution in [0.5, 0.6) is 0 Å². The molecule has 0 aliphatic carbocycles. The highest BCUT2D eigenvalue weighted by atomic mass is 15.2. The van der Waals surface area contributed by atoms with Crippen molar-refractivity contribution in [2.24, 2.45) is 0 Å². The third kappa shape index (κ3) is 3.70. The van der Waals surface area contributed by atoms with Gasteiger partial charge in [-0.15, -0.1) is 0 Å². The average Bonchev–Trinajstić information content (AvgIpc) is 2.34. The number of nitrogens with zero attached hydrogens (tertiary/aromatic N) is 2. The molecular formula is C14H25N3. The van der Waals surface area contributed by atoms with Gasteiger partial charge in [-0.05, 0) is 39.8 Å². The van der Waals surface area contributed by atoms with Crippen molar-refractivity contribution in [3.8, 4) is 0 Å². The van der Waals surface area contributed by atoms with Gasteiger partial charge in [-0.2, -0.15) is 0 Å². The summed E-state index contributed by atoms with van der Waals surface area (Å²) in [5.74, 6) is 1.08. The Hall–Kier alpha value is -1.09. The van der Waals surface area contributed by atoms with Crippen LogP contribution in [0.25, 0.3) is 0 Å². The van der Waals surface area contributed by atoms with Gasteiger partial charge in [0, 0.05) is 30.9 Å². The van der Waals surface area contributed by atoms with Crippen LogP contribution in [-0.4, -0.2) is 24.6 Å². The number of nitrogens with one attached hydrogen (secondary N) is 1. The summed E-state index contributed by atoms with van der Waals surface area (Å²) < 4.78 is 0. The molecular weight excluding hydrogens is 210 g/mol. The van der Waals surface area contributed by atoms with Crippen LogP contribution < -0.4 is 10.2 Å². The predicted octanol–water partition coefficient (Wildman–Crippen LogP) is 2.99. The van der Waals surface area contributed by atoms with Gasteiger partial charge in [-0.25, -0.2) is 4.98 Å². The Bertz CT molecular complexity index is 336. The lowest BCUT2D eigenvalue weighted by molar-refractivity contribution is 0.566. The molecule has 0 bridgehead atoms. The molecule has 1 N–H and O–H groups in total. The predicted molar refractivity (Wildman–Crippen MR) is 74.5 cm³/mol. The van der Waals surface area contributed by atoms with Crippen LogP contribution in [0.1, 0.15) is 45.7 Å². The summed E-state index contributed by atoms with van der Waals surface area (Å²) in [7, 11) is 2.10. The summed E-state index contributed by atoms with van der Waals surface area (Å²) in [6.45, 7) is 9.79.